The summed E-state index contributed by atoms with van der Waals surface area (Å²) < 4.78 is 6.28. The lowest BCUT2D eigenvalue weighted by molar-refractivity contribution is 0.405. The van der Waals surface area contributed by atoms with Crippen molar-refractivity contribution in [2.75, 3.05) is 7.11 Å². The van der Waals surface area contributed by atoms with Crippen molar-refractivity contribution >= 4 is 15.9 Å². The molecular weight excluding hydrogens is 254 g/mol. The van der Waals surface area contributed by atoms with Gasteiger partial charge in [0.1, 0.15) is 5.75 Å². The maximum atomic E-state index is 6.07. The lowest BCUT2D eigenvalue weighted by atomic mass is 10.0. The highest BCUT2D eigenvalue weighted by Gasteiger charge is 2.11. The smallest absolute Gasteiger partial charge is 0.124 e. The number of rotatable bonds is 4. The van der Waals surface area contributed by atoms with Crippen molar-refractivity contribution in [3.63, 3.8) is 0 Å². The number of methoxy groups -OCH3 is 1. The Morgan fingerprint density at radius 2 is 2.27 bits per heavy atom. The third-order valence-corrected chi connectivity index (χ3v) is 2.66. The van der Waals surface area contributed by atoms with Crippen molar-refractivity contribution in [2.24, 2.45) is 5.73 Å². The minimum atomic E-state index is -0.0504. The normalized spacial score (nSPS) is 12.3. The topological polar surface area (TPSA) is 35.2 Å². The van der Waals surface area contributed by atoms with Crippen LogP contribution >= 0.6 is 15.9 Å². The number of halogens is 1. The second-order valence-corrected chi connectivity index (χ2v) is 4.57. The summed E-state index contributed by atoms with van der Waals surface area (Å²) in [5.41, 5.74) is 8.16. The van der Waals surface area contributed by atoms with Gasteiger partial charge in [0.15, 0.2) is 0 Å². The fourth-order valence-electron chi connectivity index (χ4n) is 1.48. The summed E-state index contributed by atoms with van der Waals surface area (Å²) in [4.78, 5) is 0. The molecule has 0 aliphatic heterocycles. The predicted molar refractivity (Wildman–Crippen MR) is 67.1 cm³/mol. The van der Waals surface area contributed by atoms with Gasteiger partial charge in [-0.2, -0.15) is 0 Å². The number of hydrogen-bond acceptors (Lipinski definition) is 2. The molecule has 0 radical (unpaired) electrons. The van der Waals surface area contributed by atoms with Gasteiger partial charge in [-0.15, -0.1) is 6.58 Å². The van der Waals surface area contributed by atoms with E-state index in [0.29, 0.717) is 0 Å². The van der Waals surface area contributed by atoms with Crippen molar-refractivity contribution in [3.05, 3.63) is 40.4 Å². The third kappa shape index (κ3) is 3.36. The summed E-state index contributed by atoms with van der Waals surface area (Å²) in [7, 11) is 1.65. The molecular formula is C12H16BrNO. The van der Waals surface area contributed by atoms with Crippen molar-refractivity contribution < 1.29 is 4.74 Å². The van der Waals surface area contributed by atoms with Gasteiger partial charge in [-0.05, 0) is 25.5 Å². The number of hydrogen-bond donors (Lipinski definition) is 1. The Balaban J connectivity index is 2.97. The number of nitrogens with two attached hydrogens (primary N) is 1. The molecule has 0 saturated carbocycles. The van der Waals surface area contributed by atoms with E-state index >= 15 is 0 Å². The van der Waals surface area contributed by atoms with Crippen LogP contribution in [0, 0.1) is 0 Å². The van der Waals surface area contributed by atoms with E-state index in [1.807, 2.05) is 25.1 Å². The highest BCUT2D eigenvalue weighted by atomic mass is 79.9. The molecule has 2 nitrogen and oxygen atoms in total. The Kier molecular flexibility index (Phi) is 4.36. The number of ether oxygens (including phenoxy) is 1. The molecule has 0 unspecified atom stereocenters. The van der Waals surface area contributed by atoms with Gasteiger partial charge in [-0.1, -0.05) is 27.6 Å². The first-order valence-corrected chi connectivity index (χ1v) is 5.57. The van der Waals surface area contributed by atoms with Gasteiger partial charge in [-0.25, -0.2) is 0 Å². The second-order valence-electron chi connectivity index (χ2n) is 3.65. The lowest BCUT2D eigenvalue weighted by Gasteiger charge is -2.15. The molecule has 0 saturated heterocycles. The molecule has 82 valence electrons. The van der Waals surface area contributed by atoms with Gasteiger partial charge in [-0.3, -0.25) is 0 Å². The first-order chi connectivity index (χ1) is 7.04. The van der Waals surface area contributed by atoms with Crippen LogP contribution in [0.25, 0.3) is 0 Å². The van der Waals surface area contributed by atoms with Crippen LogP contribution in [0.5, 0.6) is 5.75 Å². The molecule has 1 aromatic rings. The largest absolute Gasteiger partial charge is 0.496 e. The van der Waals surface area contributed by atoms with E-state index in [4.69, 9.17) is 10.5 Å². The molecule has 0 fully saturated rings. The fourth-order valence-corrected chi connectivity index (χ4v) is 1.82. The van der Waals surface area contributed by atoms with Gasteiger partial charge in [0, 0.05) is 16.1 Å². The van der Waals surface area contributed by atoms with Crippen LogP contribution in [0.4, 0.5) is 0 Å². The Hall–Kier alpha value is -0.800. The van der Waals surface area contributed by atoms with Gasteiger partial charge in [0.25, 0.3) is 0 Å². The Morgan fingerprint density at radius 3 is 2.80 bits per heavy atom. The summed E-state index contributed by atoms with van der Waals surface area (Å²) >= 11 is 3.40. The first-order valence-electron chi connectivity index (χ1n) is 4.78. The molecule has 0 bridgehead atoms. The summed E-state index contributed by atoms with van der Waals surface area (Å²) in [5, 5.41) is 0. The van der Waals surface area contributed by atoms with Crippen LogP contribution < -0.4 is 10.5 Å². The van der Waals surface area contributed by atoms with E-state index in [1.54, 1.807) is 7.11 Å². The maximum Gasteiger partial charge on any atom is 0.124 e. The standard InChI is InChI=1S/C12H16BrNO/c1-8(2)6-11(14)10-5-4-9(13)7-12(10)15-3/h4-5,7,11H,1,6,14H2,2-3H3/t11-/m1/s1. The van der Waals surface area contributed by atoms with Crippen LogP contribution in [0.2, 0.25) is 0 Å². The van der Waals surface area contributed by atoms with E-state index in [2.05, 4.69) is 22.5 Å². The van der Waals surface area contributed by atoms with Gasteiger partial charge < -0.3 is 10.5 Å². The van der Waals surface area contributed by atoms with Crippen LogP contribution in [-0.2, 0) is 0 Å². The van der Waals surface area contributed by atoms with E-state index < -0.39 is 0 Å². The minimum absolute atomic E-state index is 0.0504. The van der Waals surface area contributed by atoms with Crippen molar-refractivity contribution in [1.82, 2.24) is 0 Å². The van der Waals surface area contributed by atoms with E-state index in [1.165, 1.54) is 0 Å². The summed E-state index contributed by atoms with van der Waals surface area (Å²) in [6.07, 6.45) is 0.776. The molecule has 0 aromatic heterocycles. The zero-order valence-corrected chi connectivity index (χ0v) is 10.7. The monoisotopic (exact) mass is 269 g/mol. The van der Waals surface area contributed by atoms with Crippen molar-refractivity contribution in [1.29, 1.82) is 0 Å². The highest BCUT2D eigenvalue weighted by Crippen LogP contribution is 2.29. The summed E-state index contributed by atoms with van der Waals surface area (Å²) in [6.45, 7) is 5.84. The molecule has 0 amide bonds. The average Bonchev–Trinajstić information content (AvgIpc) is 2.16. The average molecular weight is 270 g/mol. The summed E-state index contributed by atoms with van der Waals surface area (Å²) in [6, 6.07) is 5.82. The molecule has 0 heterocycles. The Bertz CT molecular complexity index is 363. The molecule has 0 aliphatic rings. The highest BCUT2D eigenvalue weighted by molar-refractivity contribution is 9.10. The number of benzene rings is 1. The second kappa shape index (κ2) is 5.33. The van der Waals surface area contributed by atoms with Gasteiger partial charge in [0.2, 0.25) is 0 Å². The van der Waals surface area contributed by atoms with Gasteiger partial charge in [0.05, 0.1) is 7.11 Å². The molecule has 15 heavy (non-hydrogen) atoms. The third-order valence-electron chi connectivity index (χ3n) is 2.16. The zero-order valence-electron chi connectivity index (χ0n) is 9.09. The van der Waals surface area contributed by atoms with Crippen LogP contribution in [-0.4, -0.2) is 7.11 Å². The quantitative estimate of drug-likeness (QED) is 0.851. The van der Waals surface area contributed by atoms with Crippen LogP contribution in [0.1, 0.15) is 24.9 Å². The van der Waals surface area contributed by atoms with Crippen LogP contribution in [0.3, 0.4) is 0 Å². The Labute approximate surface area is 99.3 Å². The maximum absolute atomic E-state index is 6.07. The summed E-state index contributed by atoms with van der Waals surface area (Å²) in [5.74, 6) is 0.818. The van der Waals surface area contributed by atoms with E-state index in [-0.39, 0.29) is 6.04 Å². The molecule has 0 spiro atoms. The molecule has 2 N–H and O–H groups in total. The van der Waals surface area contributed by atoms with Gasteiger partial charge >= 0.3 is 0 Å². The Morgan fingerprint density at radius 1 is 1.60 bits per heavy atom. The van der Waals surface area contributed by atoms with Crippen molar-refractivity contribution in [3.8, 4) is 5.75 Å². The van der Waals surface area contributed by atoms with Crippen molar-refractivity contribution in [2.45, 2.75) is 19.4 Å². The van der Waals surface area contributed by atoms with E-state index in [0.717, 1.165) is 27.8 Å². The lowest BCUT2D eigenvalue weighted by Crippen LogP contribution is -2.11. The molecule has 1 aromatic carbocycles. The molecule has 1 rings (SSSR count). The first kappa shape index (κ1) is 12.3. The van der Waals surface area contributed by atoms with Crippen LogP contribution in [0.15, 0.2) is 34.8 Å². The molecule has 3 heteroatoms. The predicted octanol–water partition coefficient (Wildman–Crippen LogP) is 3.42. The molecule has 1 atom stereocenters. The fraction of sp³-hybridized carbons (Fsp3) is 0.333. The SMILES string of the molecule is C=C(C)C[C@@H](N)c1ccc(Br)cc1OC. The zero-order chi connectivity index (χ0) is 11.4. The minimum Gasteiger partial charge on any atom is -0.496 e. The molecule has 0 aliphatic carbocycles. The van der Waals surface area contributed by atoms with E-state index in [9.17, 15) is 0 Å².